The van der Waals surface area contributed by atoms with Crippen molar-refractivity contribution < 1.29 is 18.3 Å². The Morgan fingerprint density at radius 1 is 1.43 bits per heavy atom. The smallest absolute Gasteiger partial charge is 0.322 e. The summed E-state index contributed by atoms with van der Waals surface area (Å²) in [5.41, 5.74) is 0.991. The SMILES string of the molecule is N#Cc1ccc(CS(=O)(=O)N2CCSCC2C(=O)O)cc1. The minimum absolute atomic E-state index is 0.209. The predicted molar refractivity (Wildman–Crippen MR) is 79.2 cm³/mol. The van der Waals surface area contributed by atoms with Crippen molar-refractivity contribution in [2.45, 2.75) is 11.8 Å². The van der Waals surface area contributed by atoms with E-state index in [-0.39, 0.29) is 18.1 Å². The molecule has 0 bridgehead atoms. The van der Waals surface area contributed by atoms with Gasteiger partial charge < -0.3 is 5.11 Å². The molecule has 1 N–H and O–H groups in total. The van der Waals surface area contributed by atoms with Gasteiger partial charge in [-0.2, -0.15) is 21.3 Å². The van der Waals surface area contributed by atoms with Gasteiger partial charge in [-0.05, 0) is 17.7 Å². The van der Waals surface area contributed by atoms with Gasteiger partial charge in [-0.1, -0.05) is 12.1 Å². The van der Waals surface area contributed by atoms with Crippen molar-refractivity contribution in [2.24, 2.45) is 0 Å². The number of rotatable bonds is 4. The lowest BCUT2D eigenvalue weighted by molar-refractivity contribution is -0.140. The highest BCUT2D eigenvalue weighted by molar-refractivity contribution is 7.99. The lowest BCUT2D eigenvalue weighted by Gasteiger charge is -2.31. The zero-order chi connectivity index (χ0) is 15.5. The van der Waals surface area contributed by atoms with Crippen molar-refractivity contribution in [3.8, 4) is 6.07 Å². The first kappa shape index (κ1) is 15.8. The number of hydrogen-bond acceptors (Lipinski definition) is 5. The molecule has 1 aromatic carbocycles. The first-order valence-electron chi connectivity index (χ1n) is 6.23. The van der Waals surface area contributed by atoms with Gasteiger partial charge in [0, 0.05) is 18.1 Å². The minimum Gasteiger partial charge on any atom is -0.480 e. The highest BCUT2D eigenvalue weighted by Crippen LogP contribution is 2.22. The van der Waals surface area contributed by atoms with E-state index in [2.05, 4.69) is 0 Å². The summed E-state index contributed by atoms with van der Waals surface area (Å²) in [6.45, 7) is 0.209. The number of carboxylic acid groups (broad SMARTS) is 1. The first-order chi connectivity index (χ1) is 9.94. The maximum Gasteiger partial charge on any atom is 0.322 e. The third kappa shape index (κ3) is 3.75. The Labute approximate surface area is 127 Å². The summed E-state index contributed by atoms with van der Waals surface area (Å²) < 4.78 is 25.9. The maximum absolute atomic E-state index is 12.4. The van der Waals surface area contributed by atoms with Crippen molar-refractivity contribution in [2.75, 3.05) is 18.1 Å². The first-order valence-corrected chi connectivity index (χ1v) is 8.99. The third-order valence-electron chi connectivity index (χ3n) is 3.15. The number of hydrogen-bond donors (Lipinski definition) is 1. The second-order valence-electron chi connectivity index (χ2n) is 4.60. The van der Waals surface area contributed by atoms with Crippen LogP contribution in [0.5, 0.6) is 0 Å². The van der Waals surface area contributed by atoms with Gasteiger partial charge in [0.05, 0.1) is 17.4 Å². The zero-order valence-electron chi connectivity index (χ0n) is 11.1. The van der Waals surface area contributed by atoms with Gasteiger partial charge in [0.2, 0.25) is 10.0 Å². The van der Waals surface area contributed by atoms with E-state index in [0.717, 1.165) is 4.31 Å². The number of sulfonamides is 1. The van der Waals surface area contributed by atoms with Crippen LogP contribution in [0.15, 0.2) is 24.3 Å². The van der Waals surface area contributed by atoms with Crippen LogP contribution in [0.2, 0.25) is 0 Å². The summed E-state index contributed by atoms with van der Waals surface area (Å²) in [6.07, 6.45) is 0. The van der Waals surface area contributed by atoms with E-state index >= 15 is 0 Å². The van der Waals surface area contributed by atoms with Gasteiger partial charge in [-0.25, -0.2) is 8.42 Å². The van der Waals surface area contributed by atoms with Crippen molar-refractivity contribution >= 4 is 27.8 Å². The highest BCUT2D eigenvalue weighted by Gasteiger charge is 2.36. The van der Waals surface area contributed by atoms with Gasteiger partial charge in [-0.3, -0.25) is 4.79 Å². The summed E-state index contributed by atoms with van der Waals surface area (Å²) in [5.74, 6) is -0.517. The summed E-state index contributed by atoms with van der Waals surface area (Å²) in [4.78, 5) is 11.2. The molecule has 0 aliphatic carbocycles. The van der Waals surface area contributed by atoms with Gasteiger partial charge in [-0.15, -0.1) is 0 Å². The molecule has 21 heavy (non-hydrogen) atoms. The molecule has 1 unspecified atom stereocenters. The lowest BCUT2D eigenvalue weighted by Crippen LogP contribution is -2.50. The monoisotopic (exact) mass is 326 g/mol. The number of nitrogens with zero attached hydrogens (tertiary/aromatic N) is 2. The summed E-state index contributed by atoms with van der Waals surface area (Å²) in [5, 5.41) is 17.9. The standard InChI is InChI=1S/C13H14N2O4S2/c14-7-10-1-3-11(4-2-10)9-21(18,19)15-5-6-20-8-12(15)13(16)17/h1-4,12H,5-6,8-9H2,(H,16,17). The molecule has 0 spiro atoms. The molecular weight excluding hydrogens is 312 g/mol. The van der Waals surface area contributed by atoms with E-state index in [1.165, 1.54) is 11.8 Å². The van der Waals surface area contributed by atoms with E-state index in [0.29, 0.717) is 16.9 Å². The van der Waals surface area contributed by atoms with Crippen LogP contribution in [-0.2, 0) is 20.6 Å². The second kappa shape index (κ2) is 6.47. The molecule has 112 valence electrons. The Hall–Kier alpha value is -1.56. The summed E-state index contributed by atoms with van der Waals surface area (Å²) >= 11 is 1.44. The van der Waals surface area contributed by atoms with Crippen LogP contribution in [0.3, 0.4) is 0 Å². The molecule has 0 saturated carbocycles. The highest BCUT2D eigenvalue weighted by atomic mass is 32.2. The van der Waals surface area contributed by atoms with Gasteiger partial charge in [0.1, 0.15) is 6.04 Å². The van der Waals surface area contributed by atoms with Crippen LogP contribution in [0, 0.1) is 11.3 Å². The fourth-order valence-electron chi connectivity index (χ4n) is 2.08. The Kier molecular flexibility index (Phi) is 4.88. The Morgan fingerprint density at radius 3 is 2.67 bits per heavy atom. The molecule has 0 radical (unpaired) electrons. The van der Waals surface area contributed by atoms with Crippen molar-refractivity contribution in [1.29, 1.82) is 5.26 Å². The molecule has 1 aliphatic rings. The van der Waals surface area contributed by atoms with Gasteiger partial charge in [0.25, 0.3) is 0 Å². The molecule has 6 nitrogen and oxygen atoms in total. The quantitative estimate of drug-likeness (QED) is 0.882. The number of aliphatic carboxylic acids is 1. The number of nitriles is 1. The van der Waals surface area contributed by atoms with Gasteiger partial charge in [0.15, 0.2) is 0 Å². The van der Waals surface area contributed by atoms with Crippen LogP contribution in [-0.4, -0.2) is 47.9 Å². The zero-order valence-corrected chi connectivity index (χ0v) is 12.7. The fourth-order valence-corrected chi connectivity index (χ4v) is 5.03. The Balaban J connectivity index is 2.20. The molecule has 1 aliphatic heterocycles. The van der Waals surface area contributed by atoms with E-state index in [1.54, 1.807) is 24.3 Å². The molecular formula is C13H14N2O4S2. The average molecular weight is 326 g/mol. The Bertz CT molecular complexity index is 664. The minimum atomic E-state index is -3.69. The van der Waals surface area contributed by atoms with E-state index in [9.17, 15) is 13.2 Å². The molecule has 0 aromatic heterocycles. The normalized spacial score (nSPS) is 19.9. The van der Waals surface area contributed by atoms with E-state index in [1.807, 2.05) is 6.07 Å². The van der Waals surface area contributed by atoms with Crippen LogP contribution in [0.25, 0.3) is 0 Å². The predicted octanol–water partition coefficient (Wildman–Crippen LogP) is 0.890. The summed E-state index contributed by atoms with van der Waals surface area (Å²) in [6, 6.07) is 7.20. The number of benzene rings is 1. The number of carbonyl (C=O) groups is 1. The molecule has 2 rings (SSSR count). The lowest BCUT2D eigenvalue weighted by atomic mass is 10.2. The second-order valence-corrected chi connectivity index (χ2v) is 7.68. The fraction of sp³-hybridized carbons (Fsp3) is 0.385. The van der Waals surface area contributed by atoms with Crippen LogP contribution < -0.4 is 0 Å². The van der Waals surface area contributed by atoms with Crippen LogP contribution >= 0.6 is 11.8 Å². The maximum atomic E-state index is 12.4. The van der Waals surface area contributed by atoms with E-state index < -0.39 is 22.0 Å². The number of thioether (sulfide) groups is 1. The molecule has 1 fully saturated rings. The van der Waals surface area contributed by atoms with Crippen molar-refractivity contribution in [3.63, 3.8) is 0 Å². The third-order valence-corrected chi connectivity index (χ3v) is 6.03. The van der Waals surface area contributed by atoms with Gasteiger partial charge >= 0.3 is 5.97 Å². The topological polar surface area (TPSA) is 98.5 Å². The number of carboxylic acids is 1. The molecule has 1 atom stereocenters. The molecule has 1 saturated heterocycles. The van der Waals surface area contributed by atoms with Crippen molar-refractivity contribution in [1.82, 2.24) is 4.31 Å². The largest absolute Gasteiger partial charge is 0.480 e. The average Bonchev–Trinajstić information content (AvgIpc) is 2.47. The van der Waals surface area contributed by atoms with Crippen molar-refractivity contribution in [3.05, 3.63) is 35.4 Å². The van der Waals surface area contributed by atoms with Crippen LogP contribution in [0.1, 0.15) is 11.1 Å². The molecule has 8 heteroatoms. The van der Waals surface area contributed by atoms with E-state index in [4.69, 9.17) is 10.4 Å². The van der Waals surface area contributed by atoms with Crippen LogP contribution in [0.4, 0.5) is 0 Å². The Morgan fingerprint density at radius 2 is 2.10 bits per heavy atom. The molecule has 1 heterocycles. The molecule has 1 aromatic rings. The summed E-state index contributed by atoms with van der Waals surface area (Å²) in [7, 11) is -3.69. The molecule has 0 amide bonds.